The van der Waals surface area contributed by atoms with Crippen LogP contribution in [0.4, 0.5) is 5.95 Å². The Morgan fingerprint density at radius 2 is 2.03 bits per heavy atom. The molecule has 10 heteroatoms. The van der Waals surface area contributed by atoms with Gasteiger partial charge in [-0.3, -0.25) is 4.90 Å². The van der Waals surface area contributed by atoms with Crippen molar-refractivity contribution in [1.82, 2.24) is 24.5 Å². The lowest BCUT2D eigenvalue weighted by atomic mass is 9.95. The van der Waals surface area contributed by atoms with Gasteiger partial charge >= 0.3 is 0 Å². The molecule has 0 saturated carbocycles. The summed E-state index contributed by atoms with van der Waals surface area (Å²) in [5, 5.41) is 14.1. The van der Waals surface area contributed by atoms with Gasteiger partial charge in [0.05, 0.1) is 39.0 Å². The van der Waals surface area contributed by atoms with Gasteiger partial charge < -0.3 is 19.6 Å². The Kier molecular flexibility index (Phi) is 5.32. The van der Waals surface area contributed by atoms with Crippen LogP contribution in [0.5, 0.6) is 11.5 Å². The smallest absolute Gasteiger partial charge is 0.223 e. The SMILES string of the molecule is COc1cc2c(cc1OC)CN(C(CC#N)c1cnc(N)n3nc(-c4ccco4)nc13)CC2. The quantitative estimate of drug-likeness (QED) is 0.476. The molecule has 0 aliphatic carbocycles. The van der Waals surface area contributed by atoms with Crippen molar-refractivity contribution in [2.24, 2.45) is 0 Å². The molecule has 0 spiro atoms. The third-order valence-electron chi connectivity index (χ3n) is 5.99. The van der Waals surface area contributed by atoms with Gasteiger partial charge in [0, 0.05) is 24.8 Å². The molecule has 2 N–H and O–H groups in total. The van der Waals surface area contributed by atoms with Gasteiger partial charge in [0.25, 0.3) is 0 Å². The maximum absolute atomic E-state index is 9.64. The van der Waals surface area contributed by atoms with Gasteiger partial charge in [0.2, 0.25) is 11.8 Å². The number of nitriles is 1. The second-order valence-electron chi connectivity index (χ2n) is 7.79. The molecule has 168 valence electrons. The van der Waals surface area contributed by atoms with E-state index in [1.54, 1.807) is 38.8 Å². The lowest BCUT2D eigenvalue weighted by molar-refractivity contribution is 0.181. The maximum Gasteiger partial charge on any atom is 0.223 e. The maximum atomic E-state index is 9.64. The Hall–Kier alpha value is -4.10. The summed E-state index contributed by atoms with van der Waals surface area (Å²) in [4.78, 5) is 11.3. The van der Waals surface area contributed by atoms with Crippen molar-refractivity contribution in [1.29, 1.82) is 5.26 Å². The van der Waals surface area contributed by atoms with Gasteiger partial charge in [-0.1, -0.05) is 0 Å². The molecule has 1 aliphatic rings. The predicted octanol–water partition coefficient (Wildman–Crippen LogP) is 3.00. The summed E-state index contributed by atoms with van der Waals surface area (Å²) in [5.41, 5.74) is 9.78. The first-order chi connectivity index (χ1) is 16.1. The highest BCUT2D eigenvalue weighted by atomic mass is 16.5. The number of hydrogen-bond donors (Lipinski definition) is 1. The fraction of sp³-hybridized carbons (Fsp3) is 0.304. The van der Waals surface area contributed by atoms with Crippen LogP contribution in [-0.4, -0.2) is 45.2 Å². The van der Waals surface area contributed by atoms with Crippen molar-refractivity contribution >= 4 is 11.6 Å². The topological polar surface area (TPSA) is 128 Å². The van der Waals surface area contributed by atoms with Crippen molar-refractivity contribution in [2.75, 3.05) is 26.5 Å². The van der Waals surface area contributed by atoms with Crippen LogP contribution in [-0.2, 0) is 13.0 Å². The molecule has 33 heavy (non-hydrogen) atoms. The van der Waals surface area contributed by atoms with Gasteiger partial charge in [-0.05, 0) is 41.8 Å². The number of rotatable bonds is 6. The molecule has 1 aromatic carbocycles. The Bertz CT molecular complexity index is 1340. The van der Waals surface area contributed by atoms with E-state index in [2.05, 4.69) is 26.0 Å². The molecule has 1 unspecified atom stereocenters. The lowest BCUT2D eigenvalue weighted by Crippen LogP contribution is -2.34. The Morgan fingerprint density at radius 1 is 1.24 bits per heavy atom. The van der Waals surface area contributed by atoms with Crippen LogP contribution in [0.2, 0.25) is 0 Å². The lowest BCUT2D eigenvalue weighted by Gasteiger charge is -2.35. The molecule has 3 aromatic heterocycles. The van der Waals surface area contributed by atoms with Gasteiger partial charge in [-0.2, -0.15) is 9.78 Å². The van der Waals surface area contributed by atoms with Gasteiger partial charge in [-0.25, -0.2) is 9.97 Å². The van der Waals surface area contributed by atoms with Crippen molar-refractivity contribution in [3.8, 4) is 29.2 Å². The number of fused-ring (bicyclic) bond motifs is 2. The molecule has 10 nitrogen and oxygen atoms in total. The summed E-state index contributed by atoms with van der Waals surface area (Å²) >= 11 is 0. The van der Waals surface area contributed by atoms with Crippen LogP contribution in [0.1, 0.15) is 29.2 Å². The molecule has 5 rings (SSSR count). The Balaban J connectivity index is 1.55. The predicted molar refractivity (Wildman–Crippen MR) is 120 cm³/mol. The Labute approximate surface area is 190 Å². The molecule has 4 aromatic rings. The van der Waals surface area contributed by atoms with Crippen LogP contribution < -0.4 is 15.2 Å². The van der Waals surface area contributed by atoms with Gasteiger partial charge in [0.1, 0.15) is 0 Å². The van der Waals surface area contributed by atoms with Crippen molar-refractivity contribution in [3.05, 3.63) is 53.4 Å². The van der Waals surface area contributed by atoms with E-state index in [9.17, 15) is 5.26 Å². The summed E-state index contributed by atoms with van der Waals surface area (Å²) in [6.07, 6.45) is 4.35. The summed E-state index contributed by atoms with van der Waals surface area (Å²) in [5.74, 6) is 2.57. The zero-order chi connectivity index (χ0) is 22.9. The largest absolute Gasteiger partial charge is 0.493 e. The highest BCUT2D eigenvalue weighted by Crippen LogP contribution is 2.37. The number of aromatic nitrogens is 4. The number of furan rings is 1. The van der Waals surface area contributed by atoms with E-state index < -0.39 is 0 Å². The summed E-state index contributed by atoms with van der Waals surface area (Å²) < 4.78 is 17.9. The second kappa shape index (κ2) is 8.44. The molecule has 1 aliphatic heterocycles. The van der Waals surface area contributed by atoms with Crippen molar-refractivity contribution in [3.63, 3.8) is 0 Å². The van der Waals surface area contributed by atoms with Crippen LogP contribution >= 0.6 is 0 Å². The number of nitrogens with zero attached hydrogens (tertiary/aromatic N) is 6. The number of ether oxygens (including phenoxy) is 2. The van der Waals surface area contributed by atoms with E-state index >= 15 is 0 Å². The highest BCUT2D eigenvalue weighted by Gasteiger charge is 2.29. The first-order valence-electron chi connectivity index (χ1n) is 10.5. The Morgan fingerprint density at radius 3 is 2.73 bits per heavy atom. The monoisotopic (exact) mass is 445 g/mol. The number of benzene rings is 1. The standard InChI is InChI=1S/C23H23N7O3/c1-31-19-10-14-6-8-29(13-15(14)11-20(19)32-2)17(5-7-24)16-12-26-23(25)30-22(16)27-21(28-30)18-4-3-9-33-18/h3-4,9-12,17H,5-6,8,13H2,1-2H3,(H2,25,26). The van der Waals surface area contributed by atoms with E-state index in [4.69, 9.17) is 19.6 Å². The van der Waals surface area contributed by atoms with E-state index in [1.807, 2.05) is 12.1 Å². The molecule has 0 amide bonds. The fourth-order valence-electron chi connectivity index (χ4n) is 4.35. The third kappa shape index (κ3) is 3.62. The van der Waals surface area contributed by atoms with Crippen molar-refractivity contribution in [2.45, 2.75) is 25.4 Å². The second-order valence-corrected chi connectivity index (χ2v) is 7.79. The molecule has 4 heterocycles. The molecule has 0 saturated heterocycles. The third-order valence-corrected chi connectivity index (χ3v) is 5.99. The average molecular weight is 445 g/mol. The van der Waals surface area contributed by atoms with Crippen molar-refractivity contribution < 1.29 is 13.9 Å². The van der Waals surface area contributed by atoms with Crippen LogP contribution in [0.3, 0.4) is 0 Å². The van der Waals surface area contributed by atoms with E-state index in [0.717, 1.165) is 29.8 Å². The minimum Gasteiger partial charge on any atom is -0.493 e. The summed E-state index contributed by atoms with van der Waals surface area (Å²) in [7, 11) is 3.26. The van der Waals surface area contributed by atoms with Gasteiger partial charge in [0.15, 0.2) is 22.9 Å². The zero-order valence-electron chi connectivity index (χ0n) is 18.4. The minimum atomic E-state index is -0.236. The molecule has 0 fully saturated rings. The van der Waals surface area contributed by atoms with Gasteiger partial charge in [-0.15, -0.1) is 5.10 Å². The molecule has 0 radical (unpaired) electrons. The number of nitrogen functional groups attached to an aromatic ring is 1. The molecule has 1 atom stereocenters. The summed E-state index contributed by atoms with van der Waals surface area (Å²) in [6.45, 7) is 1.42. The first kappa shape index (κ1) is 20.8. The molecule has 0 bridgehead atoms. The molecular weight excluding hydrogens is 422 g/mol. The zero-order valence-corrected chi connectivity index (χ0v) is 18.4. The number of anilines is 1. The molecular formula is C23H23N7O3. The highest BCUT2D eigenvalue weighted by molar-refractivity contribution is 5.58. The normalized spacial score (nSPS) is 14.6. The number of nitrogens with two attached hydrogens (primary N) is 1. The minimum absolute atomic E-state index is 0.218. The van der Waals surface area contributed by atoms with E-state index in [0.29, 0.717) is 29.5 Å². The van der Waals surface area contributed by atoms with Crippen LogP contribution in [0, 0.1) is 11.3 Å². The first-order valence-corrected chi connectivity index (χ1v) is 10.5. The van der Waals surface area contributed by atoms with Crippen LogP contribution in [0.25, 0.3) is 17.2 Å². The van der Waals surface area contributed by atoms with E-state index in [-0.39, 0.29) is 18.4 Å². The van der Waals surface area contributed by atoms with E-state index in [1.165, 1.54) is 10.1 Å². The van der Waals surface area contributed by atoms with Crippen LogP contribution in [0.15, 0.2) is 41.1 Å². The average Bonchev–Trinajstić information content (AvgIpc) is 3.52. The number of hydrogen-bond acceptors (Lipinski definition) is 9. The summed E-state index contributed by atoms with van der Waals surface area (Å²) in [6, 6.07) is 9.68. The fourth-order valence-corrected chi connectivity index (χ4v) is 4.35. The number of methoxy groups -OCH3 is 2.